The number of rotatable bonds is 4. The van der Waals surface area contributed by atoms with E-state index in [1.165, 1.54) is 0 Å². The van der Waals surface area contributed by atoms with Gasteiger partial charge in [0.25, 0.3) is 0 Å². The highest BCUT2D eigenvalue weighted by Crippen LogP contribution is 2.33. The fourth-order valence-electron chi connectivity index (χ4n) is 2.95. The average molecular weight is 365 g/mol. The van der Waals surface area contributed by atoms with Gasteiger partial charge in [-0.2, -0.15) is 15.9 Å². The maximum atomic E-state index is 5.45. The zero-order chi connectivity index (χ0) is 17.5. The first-order valence-electron chi connectivity index (χ1n) is 8.13. The van der Waals surface area contributed by atoms with Crippen molar-refractivity contribution in [1.29, 1.82) is 0 Å². The molecular formula is C18H15N5O2S. The van der Waals surface area contributed by atoms with Gasteiger partial charge in [-0.05, 0) is 41.3 Å². The van der Waals surface area contributed by atoms with Crippen LogP contribution in [0, 0.1) is 0 Å². The maximum absolute atomic E-state index is 5.45. The average Bonchev–Trinajstić information content (AvgIpc) is 3.40. The van der Waals surface area contributed by atoms with Crippen LogP contribution in [-0.2, 0) is 6.54 Å². The van der Waals surface area contributed by atoms with Crippen molar-refractivity contribution in [2.24, 2.45) is 0 Å². The SMILES string of the molecule is CN(Cc1ccc2c(c1)OCO2)c1ccc2nnc(-c3ccsc3)n2n1. The third kappa shape index (κ3) is 2.55. The number of anilines is 1. The lowest BCUT2D eigenvalue weighted by Crippen LogP contribution is -2.18. The van der Waals surface area contributed by atoms with Crippen molar-refractivity contribution >= 4 is 22.8 Å². The lowest BCUT2D eigenvalue weighted by atomic mass is 10.2. The molecule has 130 valence electrons. The number of fused-ring (bicyclic) bond motifs is 2. The first kappa shape index (κ1) is 15.2. The summed E-state index contributed by atoms with van der Waals surface area (Å²) in [6, 6.07) is 11.9. The Morgan fingerprint density at radius 1 is 1.12 bits per heavy atom. The van der Waals surface area contributed by atoms with Crippen LogP contribution in [0.5, 0.6) is 11.5 Å². The quantitative estimate of drug-likeness (QED) is 0.553. The van der Waals surface area contributed by atoms with E-state index < -0.39 is 0 Å². The van der Waals surface area contributed by atoms with Crippen LogP contribution in [0.2, 0.25) is 0 Å². The van der Waals surface area contributed by atoms with Gasteiger partial charge in [-0.1, -0.05) is 6.07 Å². The molecule has 26 heavy (non-hydrogen) atoms. The zero-order valence-corrected chi connectivity index (χ0v) is 14.8. The molecule has 5 rings (SSSR count). The van der Waals surface area contributed by atoms with Gasteiger partial charge in [0.1, 0.15) is 5.82 Å². The molecule has 0 N–H and O–H groups in total. The van der Waals surface area contributed by atoms with Crippen LogP contribution in [-0.4, -0.2) is 33.7 Å². The maximum Gasteiger partial charge on any atom is 0.231 e. The molecule has 0 amide bonds. The van der Waals surface area contributed by atoms with E-state index in [0.717, 1.165) is 39.9 Å². The molecular weight excluding hydrogens is 350 g/mol. The number of thiophene rings is 1. The summed E-state index contributed by atoms with van der Waals surface area (Å²) in [7, 11) is 2.01. The van der Waals surface area contributed by atoms with Crippen LogP contribution in [0.3, 0.4) is 0 Å². The van der Waals surface area contributed by atoms with Crippen LogP contribution in [0.1, 0.15) is 5.56 Å². The molecule has 0 spiro atoms. The Morgan fingerprint density at radius 2 is 2.04 bits per heavy atom. The third-order valence-electron chi connectivity index (χ3n) is 4.28. The number of nitrogens with zero attached hydrogens (tertiary/aromatic N) is 5. The zero-order valence-electron chi connectivity index (χ0n) is 14.0. The van der Waals surface area contributed by atoms with Crippen LogP contribution >= 0.6 is 11.3 Å². The molecule has 0 fully saturated rings. The normalized spacial score (nSPS) is 12.7. The van der Waals surface area contributed by atoms with Crippen LogP contribution in [0.25, 0.3) is 17.0 Å². The van der Waals surface area contributed by atoms with Crippen molar-refractivity contribution in [2.75, 3.05) is 18.7 Å². The second-order valence-corrected chi connectivity index (χ2v) is 6.82. The highest BCUT2D eigenvalue weighted by atomic mass is 32.1. The molecule has 4 heterocycles. The molecule has 0 bridgehead atoms. The first-order chi connectivity index (χ1) is 12.8. The summed E-state index contributed by atoms with van der Waals surface area (Å²) in [5.74, 6) is 3.17. The van der Waals surface area contributed by atoms with Crippen molar-refractivity contribution < 1.29 is 9.47 Å². The largest absolute Gasteiger partial charge is 0.454 e. The number of hydrogen-bond acceptors (Lipinski definition) is 7. The first-order valence-corrected chi connectivity index (χ1v) is 9.07. The minimum absolute atomic E-state index is 0.284. The monoisotopic (exact) mass is 365 g/mol. The number of aromatic nitrogens is 4. The summed E-state index contributed by atoms with van der Waals surface area (Å²) in [5.41, 5.74) is 2.87. The fourth-order valence-corrected chi connectivity index (χ4v) is 3.58. The smallest absolute Gasteiger partial charge is 0.231 e. The lowest BCUT2D eigenvalue weighted by molar-refractivity contribution is 0.174. The van der Waals surface area contributed by atoms with Crippen molar-refractivity contribution in [3.05, 3.63) is 52.7 Å². The molecule has 1 aromatic carbocycles. The van der Waals surface area contributed by atoms with Gasteiger partial charge >= 0.3 is 0 Å². The van der Waals surface area contributed by atoms with Crippen molar-refractivity contribution in [3.8, 4) is 22.9 Å². The topological polar surface area (TPSA) is 64.8 Å². The van der Waals surface area contributed by atoms with E-state index in [2.05, 4.69) is 15.1 Å². The van der Waals surface area contributed by atoms with Crippen LogP contribution in [0.4, 0.5) is 5.82 Å². The summed E-state index contributed by atoms with van der Waals surface area (Å²) in [6.07, 6.45) is 0. The molecule has 1 aliphatic heterocycles. The summed E-state index contributed by atoms with van der Waals surface area (Å²) < 4.78 is 12.6. The van der Waals surface area contributed by atoms with Gasteiger partial charge in [-0.25, -0.2) is 0 Å². The number of ether oxygens (including phenoxy) is 2. The Balaban J connectivity index is 1.45. The van der Waals surface area contributed by atoms with Gasteiger partial charge in [-0.15, -0.1) is 15.3 Å². The van der Waals surface area contributed by atoms with Crippen molar-refractivity contribution in [2.45, 2.75) is 6.54 Å². The van der Waals surface area contributed by atoms with E-state index in [1.807, 2.05) is 54.2 Å². The predicted molar refractivity (Wildman–Crippen MR) is 98.8 cm³/mol. The second-order valence-electron chi connectivity index (χ2n) is 6.04. The van der Waals surface area contributed by atoms with Crippen molar-refractivity contribution in [1.82, 2.24) is 19.8 Å². The molecule has 0 saturated heterocycles. The summed E-state index contributed by atoms with van der Waals surface area (Å²) >= 11 is 1.63. The molecule has 8 heteroatoms. The molecule has 1 aliphatic rings. The van der Waals surface area contributed by atoms with E-state index in [-0.39, 0.29) is 6.79 Å². The molecule has 3 aromatic heterocycles. The predicted octanol–water partition coefficient (Wildman–Crippen LogP) is 3.22. The summed E-state index contributed by atoms with van der Waals surface area (Å²) in [5, 5.41) is 17.3. The Kier molecular flexibility index (Phi) is 3.49. The minimum atomic E-state index is 0.284. The van der Waals surface area contributed by atoms with Crippen molar-refractivity contribution in [3.63, 3.8) is 0 Å². The Morgan fingerprint density at radius 3 is 2.92 bits per heavy atom. The molecule has 4 aromatic rings. The van der Waals surface area contributed by atoms with Gasteiger partial charge in [-0.3, -0.25) is 0 Å². The highest BCUT2D eigenvalue weighted by Gasteiger charge is 2.15. The minimum Gasteiger partial charge on any atom is -0.454 e. The Bertz CT molecular complexity index is 1080. The van der Waals surface area contributed by atoms with Gasteiger partial charge in [0, 0.05) is 24.5 Å². The molecule has 0 unspecified atom stereocenters. The molecule has 0 saturated carbocycles. The highest BCUT2D eigenvalue weighted by molar-refractivity contribution is 7.08. The third-order valence-corrected chi connectivity index (χ3v) is 4.96. The van der Waals surface area contributed by atoms with E-state index >= 15 is 0 Å². The van der Waals surface area contributed by atoms with E-state index in [1.54, 1.807) is 15.9 Å². The molecule has 0 aliphatic carbocycles. The van der Waals surface area contributed by atoms with Crippen LogP contribution < -0.4 is 14.4 Å². The Labute approximate surface area is 153 Å². The number of benzene rings is 1. The molecule has 7 nitrogen and oxygen atoms in total. The summed E-state index contributed by atoms with van der Waals surface area (Å²) in [6.45, 7) is 0.983. The molecule has 0 radical (unpaired) electrons. The van der Waals surface area contributed by atoms with Gasteiger partial charge in [0.05, 0.1) is 0 Å². The molecule has 0 atom stereocenters. The number of hydrogen-bond donors (Lipinski definition) is 0. The van der Waals surface area contributed by atoms with E-state index in [9.17, 15) is 0 Å². The van der Waals surface area contributed by atoms with Gasteiger partial charge < -0.3 is 14.4 Å². The second kappa shape index (κ2) is 5.99. The standard InChI is InChI=1S/C18H15N5O2S/c1-22(9-12-2-3-14-15(8-12)25-11-24-14)17-5-4-16-19-20-18(23(16)21-17)13-6-7-26-10-13/h2-8,10H,9,11H2,1H3. The van der Waals surface area contributed by atoms with Crippen LogP contribution in [0.15, 0.2) is 47.2 Å². The summed E-state index contributed by atoms with van der Waals surface area (Å²) in [4.78, 5) is 2.08. The lowest BCUT2D eigenvalue weighted by Gasteiger charge is -2.18. The van der Waals surface area contributed by atoms with Gasteiger partial charge in [0.15, 0.2) is 23.0 Å². The van der Waals surface area contributed by atoms with E-state index in [0.29, 0.717) is 6.54 Å². The van der Waals surface area contributed by atoms with Gasteiger partial charge in [0.2, 0.25) is 6.79 Å². The van der Waals surface area contributed by atoms with E-state index in [4.69, 9.17) is 14.6 Å². The Hall–Kier alpha value is -3.13. The fraction of sp³-hybridized carbons (Fsp3) is 0.167.